The van der Waals surface area contributed by atoms with Gasteiger partial charge in [0.25, 0.3) is 0 Å². The van der Waals surface area contributed by atoms with Crippen molar-refractivity contribution in [3.63, 3.8) is 0 Å². The van der Waals surface area contributed by atoms with Crippen LogP contribution in [0.4, 0.5) is 0 Å². The average molecular weight is 216 g/mol. The molecule has 0 aromatic carbocycles. The molecule has 2 nitrogen and oxygen atoms in total. The lowest BCUT2D eigenvalue weighted by Crippen LogP contribution is -2.03. The minimum atomic E-state index is 0.0695. The predicted molar refractivity (Wildman–Crippen MR) is 49.1 cm³/mol. The summed E-state index contributed by atoms with van der Waals surface area (Å²) in [5.41, 5.74) is 0.0695. The number of rotatable bonds is 3. The first-order valence-corrected chi connectivity index (χ1v) is 4.67. The van der Waals surface area contributed by atoms with Crippen molar-refractivity contribution in [2.75, 3.05) is 5.33 Å². The zero-order chi connectivity index (χ0) is 8.10. The minimum absolute atomic E-state index is 0.0695. The Hall–Kier alpha value is -0.570. The van der Waals surface area contributed by atoms with Crippen molar-refractivity contribution in [2.24, 2.45) is 0 Å². The van der Waals surface area contributed by atoms with Gasteiger partial charge in [0.05, 0.1) is 0 Å². The molecule has 1 rings (SSSR count). The van der Waals surface area contributed by atoms with Gasteiger partial charge in [0.15, 0.2) is 5.43 Å². The summed E-state index contributed by atoms with van der Waals surface area (Å²) in [5.74, 6) is 0. The van der Waals surface area contributed by atoms with Crippen molar-refractivity contribution < 1.29 is 0 Å². The van der Waals surface area contributed by atoms with Gasteiger partial charge >= 0.3 is 0 Å². The van der Waals surface area contributed by atoms with Gasteiger partial charge in [-0.25, -0.2) is 0 Å². The van der Waals surface area contributed by atoms with Crippen LogP contribution in [-0.2, 0) is 6.54 Å². The van der Waals surface area contributed by atoms with Gasteiger partial charge < -0.3 is 4.57 Å². The van der Waals surface area contributed by atoms with Crippen LogP contribution < -0.4 is 5.43 Å². The van der Waals surface area contributed by atoms with E-state index in [0.29, 0.717) is 0 Å². The second-order valence-electron chi connectivity index (χ2n) is 2.31. The van der Waals surface area contributed by atoms with E-state index in [4.69, 9.17) is 0 Å². The summed E-state index contributed by atoms with van der Waals surface area (Å²) < 4.78 is 2.00. The van der Waals surface area contributed by atoms with Crippen LogP contribution in [0.15, 0.2) is 29.3 Å². The summed E-state index contributed by atoms with van der Waals surface area (Å²) in [7, 11) is 0. The van der Waals surface area contributed by atoms with Gasteiger partial charge in [-0.2, -0.15) is 0 Å². The molecule has 0 bridgehead atoms. The summed E-state index contributed by atoms with van der Waals surface area (Å²) in [6.07, 6.45) is 4.71. The number of aryl methyl sites for hydroxylation is 1. The highest BCUT2D eigenvalue weighted by atomic mass is 79.9. The Labute approximate surface area is 74.0 Å². The average Bonchev–Trinajstić information content (AvgIpc) is 2.04. The van der Waals surface area contributed by atoms with Crippen LogP contribution in [-0.4, -0.2) is 9.90 Å². The molecule has 0 N–H and O–H groups in total. The predicted octanol–water partition coefficient (Wildman–Crippen LogP) is 1.63. The van der Waals surface area contributed by atoms with E-state index in [1.165, 1.54) is 0 Å². The van der Waals surface area contributed by atoms with E-state index in [1.807, 2.05) is 17.0 Å². The lowest BCUT2D eigenvalue weighted by atomic mass is 10.4. The van der Waals surface area contributed by atoms with Crippen LogP contribution in [0.1, 0.15) is 6.42 Å². The SMILES string of the molecule is O=c1ccn(CCCBr)cc1. The first-order valence-electron chi connectivity index (χ1n) is 3.55. The molecule has 3 heteroatoms. The van der Waals surface area contributed by atoms with E-state index in [2.05, 4.69) is 15.9 Å². The van der Waals surface area contributed by atoms with Gasteiger partial charge in [0, 0.05) is 36.4 Å². The highest BCUT2D eigenvalue weighted by Gasteiger charge is 1.87. The number of halogens is 1. The van der Waals surface area contributed by atoms with Crippen LogP contribution in [0.5, 0.6) is 0 Å². The molecule has 0 saturated carbocycles. The molecule has 0 aliphatic rings. The molecule has 0 aliphatic carbocycles. The molecule has 60 valence electrons. The molecule has 0 amide bonds. The molecule has 0 atom stereocenters. The van der Waals surface area contributed by atoms with Crippen LogP contribution in [0, 0.1) is 0 Å². The third-order valence-corrected chi connectivity index (χ3v) is 1.97. The third kappa shape index (κ3) is 2.89. The Kier molecular flexibility index (Phi) is 3.36. The molecule has 0 radical (unpaired) electrons. The number of alkyl halides is 1. The summed E-state index contributed by atoms with van der Waals surface area (Å²) in [6.45, 7) is 0.964. The zero-order valence-electron chi connectivity index (χ0n) is 6.16. The van der Waals surface area contributed by atoms with Gasteiger partial charge in [-0.05, 0) is 6.42 Å². The number of nitrogens with zero attached hydrogens (tertiary/aromatic N) is 1. The minimum Gasteiger partial charge on any atom is -0.354 e. The lowest BCUT2D eigenvalue weighted by molar-refractivity contribution is 0.680. The second-order valence-corrected chi connectivity index (χ2v) is 3.11. The highest BCUT2D eigenvalue weighted by molar-refractivity contribution is 9.09. The van der Waals surface area contributed by atoms with E-state index in [9.17, 15) is 4.79 Å². The number of hydrogen-bond acceptors (Lipinski definition) is 1. The van der Waals surface area contributed by atoms with Crippen molar-refractivity contribution in [1.82, 2.24) is 4.57 Å². The Morgan fingerprint density at radius 2 is 2.00 bits per heavy atom. The van der Waals surface area contributed by atoms with Crippen molar-refractivity contribution >= 4 is 15.9 Å². The molecule has 0 spiro atoms. The molecule has 1 aromatic rings. The van der Waals surface area contributed by atoms with E-state index in [-0.39, 0.29) is 5.43 Å². The molecule has 0 fully saturated rings. The van der Waals surface area contributed by atoms with Gasteiger partial charge in [0.2, 0.25) is 0 Å². The molecule has 11 heavy (non-hydrogen) atoms. The van der Waals surface area contributed by atoms with Crippen LogP contribution in [0.2, 0.25) is 0 Å². The fourth-order valence-corrected chi connectivity index (χ4v) is 1.09. The van der Waals surface area contributed by atoms with E-state index >= 15 is 0 Å². The number of aromatic nitrogens is 1. The Morgan fingerprint density at radius 3 is 2.55 bits per heavy atom. The first-order chi connectivity index (χ1) is 5.33. The fraction of sp³-hybridized carbons (Fsp3) is 0.375. The Morgan fingerprint density at radius 1 is 1.36 bits per heavy atom. The summed E-state index contributed by atoms with van der Waals surface area (Å²) >= 11 is 3.35. The van der Waals surface area contributed by atoms with Gasteiger partial charge in [0.1, 0.15) is 0 Å². The maximum atomic E-state index is 10.7. The van der Waals surface area contributed by atoms with Crippen LogP contribution >= 0.6 is 15.9 Å². The summed E-state index contributed by atoms with van der Waals surface area (Å²) in [5, 5.41) is 0.999. The monoisotopic (exact) mass is 215 g/mol. The van der Waals surface area contributed by atoms with Crippen LogP contribution in [0.25, 0.3) is 0 Å². The number of pyridine rings is 1. The zero-order valence-corrected chi connectivity index (χ0v) is 7.75. The van der Waals surface area contributed by atoms with Crippen molar-refractivity contribution in [3.8, 4) is 0 Å². The second kappa shape index (κ2) is 4.34. The first kappa shape index (κ1) is 8.53. The molecule has 0 saturated heterocycles. The Bertz CT molecular complexity index is 249. The van der Waals surface area contributed by atoms with Crippen molar-refractivity contribution in [3.05, 3.63) is 34.7 Å². The molecule has 0 unspecified atom stereocenters. The Balaban J connectivity index is 2.59. The normalized spacial score (nSPS) is 9.91. The molecular weight excluding hydrogens is 206 g/mol. The summed E-state index contributed by atoms with van der Waals surface area (Å²) in [4.78, 5) is 10.7. The smallest absolute Gasteiger partial charge is 0.181 e. The van der Waals surface area contributed by atoms with Gasteiger partial charge in [-0.1, -0.05) is 15.9 Å². The van der Waals surface area contributed by atoms with Crippen LogP contribution in [0.3, 0.4) is 0 Å². The fourth-order valence-electron chi connectivity index (χ4n) is 0.835. The van der Waals surface area contributed by atoms with Crippen molar-refractivity contribution in [1.29, 1.82) is 0 Å². The quantitative estimate of drug-likeness (QED) is 0.704. The maximum Gasteiger partial charge on any atom is 0.181 e. The largest absolute Gasteiger partial charge is 0.354 e. The molecule has 1 aromatic heterocycles. The van der Waals surface area contributed by atoms with Crippen molar-refractivity contribution in [2.45, 2.75) is 13.0 Å². The molecule has 0 aliphatic heterocycles. The maximum absolute atomic E-state index is 10.7. The van der Waals surface area contributed by atoms with E-state index in [0.717, 1.165) is 18.3 Å². The van der Waals surface area contributed by atoms with E-state index < -0.39 is 0 Å². The molecule has 1 heterocycles. The van der Waals surface area contributed by atoms with E-state index in [1.54, 1.807) is 12.1 Å². The van der Waals surface area contributed by atoms with Gasteiger partial charge in [-0.15, -0.1) is 0 Å². The summed E-state index contributed by atoms with van der Waals surface area (Å²) in [6, 6.07) is 3.16. The molecular formula is C8H10BrNO. The lowest BCUT2D eigenvalue weighted by Gasteiger charge is -2.01. The topological polar surface area (TPSA) is 22.0 Å². The van der Waals surface area contributed by atoms with Gasteiger partial charge in [-0.3, -0.25) is 4.79 Å². The highest BCUT2D eigenvalue weighted by Crippen LogP contribution is 1.92. The third-order valence-electron chi connectivity index (χ3n) is 1.41. The standard InChI is InChI=1S/C8H10BrNO/c9-4-1-5-10-6-2-8(11)3-7-10/h2-3,6-7H,1,4-5H2. The number of hydrogen-bond donors (Lipinski definition) is 0.